The van der Waals surface area contributed by atoms with Crippen LogP contribution >= 0.6 is 0 Å². The first kappa shape index (κ1) is 13.7. The summed E-state index contributed by atoms with van der Waals surface area (Å²) in [5.41, 5.74) is 0.529. The molecule has 1 atom stereocenters. The Hall–Kier alpha value is -1.76. The first-order chi connectivity index (χ1) is 8.85. The molecule has 1 saturated heterocycles. The minimum atomic E-state index is -4.38. The number of halogens is 3. The van der Waals surface area contributed by atoms with Crippen LogP contribution in [0.4, 0.5) is 18.9 Å². The number of anilines is 1. The molecule has 7 heteroatoms. The molecule has 0 aliphatic carbocycles. The lowest BCUT2D eigenvalue weighted by atomic mass is 10.3. The second-order valence-electron chi connectivity index (χ2n) is 4.26. The molecule has 19 heavy (non-hydrogen) atoms. The number of rotatable bonds is 3. The molecule has 1 aliphatic rings. The number of carbonyl (C=O) groups excluding carboxylic acids is 1. The Morgan fingerprint density at radius 3 is 2.42 bits per heavy atom. The molecule has 2 rings (SSSR count). The fourth-order valence-corrected chi connectivity index (χ4v) is 1.83. The van der Waals surface area contributed by atoms with E-state index in [1.807, 2.05) is 0 Å². The number of nitrogens with zero attached hydrogens (tertiary/aromatic N) is 1. The van der Waals surface area contributed by atoms with Crippen molar-refractivity contribution in [3.05, 3.63) is 24.3 Å². The Morgan fingerprint density at radius 1 is 1.32 bits per heavy atom. The van der Waals surface area contributed by atoms with E-state index < -0.39 is 18.9 Å². The Balaban J connectivity index is 2.01. The van der Waals surface area contributed by atoms with Gasteiger partial charge in [0.1, 0.15) is 5.75 Å². The van der Waals surface area contributed by atoms with Crippen molar-refractivity contribution in [2.24, 2.45) is 0 Å². The van der Waals surface area contributed by atoms with Gasteiger partial charge < -0.3 is 14.7 Å². The summed E-state index contributed by atoms with van der Waals surface area (Å²) < 4.78 is 40.4. The van der Waals surface area contributed by atoms with Gasteiger partial charge in [-0.05, 0) is 24.3 Å². The molecular formula is C12H12F3NO3. The molecule has 0 radical (unpaired) electrons. The monoisotopic (exact) mass is 275 g/mol. The lowest BCUT2D eigenvalue weighted by Crippen LogP contribution is -2.25. The van der Waals surface area contributed by atoms with Crippen LogP contribution in [0.3, 0.4) is 0 Å². The fraction of sp³-hybridized carbons (Fsp3) is 0.417. The largest absolute Gasteiger partial charge is 0.484 e. The first-order valence-electron chi connectivity index (χ1n) is 5.63. The van der Waals surface area contributed by atoms with Gasteiger partial charge in [-0.2, -0.15) is 13.2 Å². The van der Waals surface area contributed by atoms with Crippen LogP contribution in [0.1, 0.15) is 6.42 Å². The molecule has 0 saturated carbocycles. The summed E-state index contributed by atoms with van der Waals surface area (Å²) in [4.78, 5) is 12.9. The summed E-state index contributed by atoms with van der Waals surface area (Å²) >= 11 is 0. The van der Waals surface area contributed by atoms with Crippen molar-refractivity contribution in [1.82, 2.24) is 0 Å². The standard InChI is InChI=1S/C12H12F3NO3/c13-12(14,15)7-19-10-3-1-8(2-4-10)16-6-9(17)5-11(16)18/h1-4,9,17H,5-7H2. The number of hydrogen-bond acceptors (Lipinski definition) is 3. The normalized spacial score (nSPS) is 19.9. The van der Waals surface area contributed by atoms with Crippen LogP contribution in [0, 0.1) is 0 Å². The van der Waals surface area contributed by atoms with Gasteiger partial charge in [0.25, 0.3) is 0 Å². The van der Waals surface area contributed by atoms with Gasteiger partial charge in [0.2, 0.25) is 5.91 Å². The highest BCUT2D eigenvalue weighted by Gasteiger charge is 2.30. The highest BCUT2D eigenvalue weighted by molar-refractivity contribution is 5.96. The van der Waals surface area contributed by atoms with E-state index in [9.17, 15) is 23.1 Å². The third kappa shape index (κ3) is 3.60. The summed E-state index contributed by atoms with van der Waals surface area (Å²) in [6.45, 7) is -1.16. The Morgan fingerprint density at radius 2 is 1.95 bits per heavy atom. The van der Waals surface area contributed by atoms with Gasteiger partial charge in [0.15, 0.2) is 6.61 Å². The second-order valence-corrected chi connectivity index (χ2v) is 4.26. The molecule has 1 unspecified atom stereocenters. The number of alkyl halides is 3. The van der Waals surface area contributed by atoms with E-state index in [1.54, 1.807) is 0 Å². The molecule has 0 spiro atoms. The zero-order valence-corrected chi connectivity index (χ0v) is 9.85. The summed E-state index contributed by atoms with van der Waals surface area (Å²) in [6, 6.07) is 5.70. The number of aliphatic hydroxyl groups is 1. The quantitative estimate of drug-likeness (QED) is 0.914. The molecule has 1 aromatic rings. The van der Waals surface area contributed by atoms with Crippen molar-refractivity contribution in [3.8, 4) is 5.75 Å². The highest BCUT2D eigenvalue weighted by Crippen LogP contribution is 2.25. The summed E-state index contributed by atoms with van der Waals surface area (Å²) in [5.74, 6) is -0.135. The van der Waals surface area contributed by atoms with Gasteiger partial charge in [-0.15, -0.1) is 0 Å². The van der Waals surface area contributed by atoms with Gasteiger partial charge in [-0.25, -0.2) is 0 Å². The zero-order valence-electron chi connectivity index (χ0n) is 9.85. The Bertz CT molecular complexity index is 458. The van der Waals surface area contributed by atoms with Gasteiger partial charge in [0.05, 0.1) is 19.1 Å². The van der Waals surface area contributed by atoms with Gasteiger partial charge in [-0.3, -0.25) is 4.79 Å². The van der Waals surface area contributed by atoms with Crippen LogP contribution in [0.5, 0.6) is 5.75 Å². The van der Waals surface area contributed by atoms with E-state index in [0.29, 0.717) is 5.69 Å². The Labute approximate surface area is 107 Å². The van der Waals surface area contributed by atoms with Crippen molar-refractivity contribution in [2.45, 2.75) is 18.7 Å². The van der Waals surface area contributed by atoms with Crippen molar-refractivity contribution in [1.29, 1.82) is 0 Å². The predicted molar refractivity (Wildman–Crippen MR) is 61.0 cm³/mol. The van der Waals surface area contributed by atoms with Crippen LogP contribution in [0.15, 0.2) is 24.3 Å². The second kappa shape index (κ2) is 5.08. The van der Waals surface area contributed by atoms with Crippen LogP contribution in [0.2, 0.25) is 0 Å². The maximum Gasteiger partial charge on any atom is 0.422 e. The van der Waals surface area contributed by atoms with Crippen molar-refractivity contribution < 1.29 is 27.8 Å². The predicted octanol–water partition coefficient (Wildman–Crippen LogP) is 1.73. The maximum atomic E-state index is 12.0. The molecule has 4 nitrogen and oxygen atoms in total. The molecule has 1 aliphatic heterocycles. The number of benzene rings is 1. The van der Waals surface area contributed by atoms with Crippen molar-refractivity contribution >= 4 is 11.6 Å². The number of amides is 1. The molecule has 104 valence electrons. The molecule has 0 bridgehead atoms. The zero-order chi connectivity index (χ0) is 14.0. The molecule has 1 amide bonds. The Kier molecular flexibility index (Phi) is 3.66. The molecule has 1 heterocycles. The number of carbonyl (C=O) groups is 1. The van der Waals surface area contributed by atoms with Crippen LogP contribution < -0.4 is 9.64 Å². The van der Waals surface area contributed by atoms with Crippen molar-refractivity contribution in [2.75, 3.05) is 18.1 Å². The smallest absolute Gasteiger partial charge is 0.422 e. The number of ether oxygens (including phenoxy) is 1. The highest BCUT2D eigenvalue weighted by atomic mass is 19.4. The van der Waals surface area contributed by atoms with Gasteiger partial charge >= 0.3 is 6.18 Å². The van der Waals surface area contributed by atoms with E-state index >= 15 is 0 Å². The molecule has 1 fully saturated rings. The topological polar surface area (TPSA) is 49.8 Å². The minimum Gasteiger partial charge on any atom is -0.484 e. The number of β-amino-alcohol motifs (C(OH)–C–C–N with tert-alkyl or cyclic N) is 1. The molecule has 1 N–H and O–H groups in total. The third-order valence-corrected chi connectivity index (χ3v) is 2.66. The van der Waals surface area contributed by atoms with E-state index in [-0.39, 0.29) is 24.6 Å². The van der Waals surface area contributed by atoms with E-state index in [2.05, 4.69) is 4.74 Å². The van der Waals surface area contributed by atoms with E-state index in [4.69, 9.17) is 0 Å². The minimum absolute atomic E-state index is 0.0618. The van der Waals surface area contributed by atoms with Gasteiger partial charge in [-0.1, -0.05) is 0 Å². The lowest BCUT2D eigenvalue weighted by molar-refractivity contribution is -0.153. The maximum absolute atomic E-state index is 12.0. The van der Waals surface area contributed by atoms with Crippen LogP contribution in [0.25, 0.3) is 0 Å². The molecule has 1 aromatic carbocycles. The number of aliphatic hydroxyl groups excluding tert-OH is 1. The molecule has 0 aromatic heterocycles. The lowest BCUT2D eigenvalue weighted by Gasteiger charge is -2.16. The average Bonchev–Trinajstić information content (AvgIpc) is 2.66. The first-order valence-corrected chi connectivity index (χ1v) is 5.63. The van der Waals surface area contributed by atoms with Crippen LogP contribution in [-0.2, 0) is 4.79 Å². The van der Waals surface area contributed by atoms with Crippen molar-refractivity contribution in [3.63, 3.8) is 0 Å². The third-order valence-electron chi connectivity index (χ3n) is 2.66. The van der Waals surface area contributed by atoms with Gasteiger partial charge in [0, 0.05) is 5.69 Å². The van der Waals surface area contributed by atoms with Crippen LogP contribution in [-0.4, -0.2) is 36.4 Å². The van der Waals surface area contributed by atoms with E-state index in [1.165, 1.54) is 29.2 Å². The summed E-state index contributed by atoms with van der Waals surface area (Å²) in [6.07, 6.45) is -5.02. The SMILES string of the molecule is O=C1CC(O)CN1c1ccc(OCC(F)(F)F)cc1. The number of hydrogen-bond donors (Lipinski definition) is 1. The average molecular weight is 275 g/mol. The molecular weight excluding hydrogens is 263 g/mol. The fourth-order valence-electron chi connectivity index (χ4n) is 1.83. The van der Waals surface area contributed by atoms with E-state index in [0.717, 1.165) is 0 Å². The summed E-state index contributed by atoms with van der Waals surface area (Å²) in [7, 11) is 0. The summed E-state index contributed by atoms with van der Waals surface area (Å²) in [5, 5.41) is 9.35.